The van der Waals surface area contributed by atoms with E-state index < -0.39 is 5.97 Å². The Bertz CT molecular complexity index is 424. The molecular weight excluding hydrogens is 272 g/mol. The van der Waals surface area contributed by atoms with E-state index in [0.717, 1.165) is 10.5 Å². The van der Waals surface area contributed by atoms with Crippen LogP contribution in [0.15, 0.2) is 41.4 Å². The molecule has 3 nitrogen and oxygen atoms in total. The van der Waals surface area contributed by atoms with Gasteiger partial charge in [-0.3, -0.25) is 0 Å². The van der Waals surface area contributed by atoms with Crippen LogP contribution in [0.25, 0.3) is 6.08 Å². The maximum absolute atomic E-state index is 10.4. The summed E-state index contributed by atoms with van der Waals surface area (Å²) in [6.45, 7) is 3.94. The summed E-state index contributed by atoms with van der Waals surface area (Å²) in [5.41, 5.74) is 0.707. The fraction of sp³-hybridized carbons (Fsp3) is 0.0833. The monoisotopic (exact) mass is 282 g/mol. The average Bonchev–Trinajstić information content (AvgIpc) is 2.25. The Balaban J connectivity index is 2.97. The van der Waals surface area contributed by atoms with Crippen molar-refractivity contribution >= 4 is 28.0 Å². The molecule has 0 bridgehead atoms. The van der Waals surface area contributed by atoms with E-state index in [0.29, 0.717) is 17.9 Å². The van der Waals surface area contributed by atoms with Gasteiger partial charge >= 0.3 is 5.97 Å². The second-order valence-electron chi connectivity index (χ2n) is 2.95. The van der Waals surface area contributed by atoms with Crippen molar-refractivity contribution in [3.8, 4) is 5.75 Å². The Morgan fingerprint density at radius 2 is 2.31 bits per heavy atom. The minimum atomic E-state index is -0.991. The highest BCUT2D eigenvalue weighted by Gasteiger charge is 2.01. The van der Waals surface area contributed by atoms with Crippen LogP contribution in [-0.4, -0.2) is 17.7 Å². The molecule has 16 heavy (non-hydrogen) atoms. The Labute approximate surface area is 102 Å². The van der Waals surface area contributed by atoms with Gasteiger partial charge in [-0.2, -0.15) is 0 Å². The number of hydrogen-bond acceptors (Lipinski definition) is 2. The topological polar surface area (TPSA) is 46.5 Å². The van der Waals surface area contributed by atoms with Crippen molar-refractivity contribution in [2.75, 3.05) is 6.61 Å². The maximum atomic E-state index is 10.4. The first-order valence-electron chi connectivity index (χ1n) is 4.57. The second kappa shape index (κ2) is 6.12. The predicted molar refractivity (Wildman–Crippen MR) is 66.5 cm³/mol. The quantitative estimate of drug-likeness (QED) is 0.667. The predicted octanol–water partition coefficient (Wildman–Crippen LogP) is 3.11. The summed E-state index contributed by atoms with van der Waals surface area (Å²) in [6, 6.07) is 5.39. The molecule has 0 saturated carbocycles. The van der Waals surface area contributed by atoms with Crippen molar-refractivity contribution in [3.63, 3.8) is 0 Å². The van der Waals surface area contributed by atoms with Crippen LogP contribution >= 0.6 is 15.9 Å². The molecule has 0 aliphatic heterocycles. The van der Waals surface area contributed by atoms with Crippen LogP contribution in [-0.2, 0) is 4.79 Å². The number of ether oxygens (including phenoxy) is 1. The van der Waals surface area contributed by atoms with Gasteiger partial charge in [-0.25, -0.2) is 4.79 Å². The lowest BCUT2D eigenvalue weighted by molar-refractivity contribution is -0.131. The van der Waals surface area contributed by atoms with E-state index in [2.05, 4.69) is 22.5 Å². The van der Waals surface area contributed by atoms with E-state index in [-0.39, 0.29) is 0 Å². The van der Waals surface area contributed by atoms with Gasteiger partial charge in [-0.05, 0) is 24.3 Å². The number of carbonyl (C=O) groups is 1. The molecule has 0 saturated heterocycles. The first-order valence-corrected chi connectivity index (χ1v) is 5.37. The molecule has 0 unspecified atom stereocenters. The zero-order valence-corrected chi connectivity index (χ0v) is 10.1. The lowest BCUT2D eigenvalue weighted by atomic mass is 10.2. The molecule has 0 atom stereocenters. The molecule has 1 N–H and O–H groups in total. The van der Waals surface area contributed by atoms with Crippen LogP contribution in [0, 0.1) is 0 Å². The molecule has 0 aliphatic carbocycles. The fourth-order valence-corrected chi connectivity index (χ4v) is 1.47. The minimum absolute atomic E-state index is 0.384. The Hall–Kier alpha value is -1.55. The molecule has 1 aromatic rings. The molecule has 1 aromatic carbocycles. The van der Waals surface area contributed by atoms with E-state index >= 15 is 0 Å². The molecule has 84 valence electrons. The third-order valence-corrected chi connectivity index (χ3v) is 2.23. The Morgan fingerprint density at radius 3 is 2.94 bits per heavy atom. The molecule has 0 heterocycles. The van der Waals surface area contributed by atoms with Crippen molar-refractivity contribution in [2.24, 2.45) is 0 Å². The zero-order valence-electron chi connectivity index (χ0n) is 8.52. The van der Waals surface area contributed by atoms with Crippen LogP contribution in [0.2, 0.25) is 0 Å². The lowest BCUT2D eigenvalue weighted by Crippen LogP contribution is -1.95. The van der Waals surface area contributed by atoms with Gasteiger partial charge in [-0.1, -0.05) is 28.6 Å². The molecule has 0 fully saturated rings. The largest absolute Gasteiger partial charge is 0.489 e. The molecule has 0 amide bonds. The van der Waals surface area contributed by atoms with Gasteiger partial charge in [0, 0.05) is 16.1 Å². The maximum Gasteiger partial charge on any atom is 0.328 e. The van der Waals surface area contributed by atoms with Crippen LogP contribution in [0.5, 0.6) is 5.75 Å². The summed E-state index contributed by atoms with van der Waals surface area (Å²) in [4.78, 5) is 10.4. The highest BCUT2D eigenvalue weighted by atomic mass is 79.9. The van der Waals surface area contributed by atoms with Gasteiger partial charge in [0.1, 0.15) is 12.4 Å². The molecule has 0 radical (unpaired) electrons. The van der Waals surface area contributed by atoms with Gasteiger partial charge in [0.25, 0.3) is 0 Å². The molecule has 0 aliphatic rings. The second-order valence-corrected chi connectivity index (χ2v) is 3.87. The van der Waals surface area contributed by atoms with Crippen molar-refractivity contribution in [2.45, 2.75) is 0 Å². The third-order valence-electron chi connectivity index (χ3n) is 1.73. The Kier molecular flexibility index (Phi) is 4.79. The van der Waals surface area contributed by atoms with Gasteiger partial charge in [0.05, 0.1) is 0 Å². The first-order chi connectivity index (χ1) is 7.63. The lowest BCUT2D eigenvalue weighted by Gasteiger charge is -2.07. The number of halogens is 1. The normalized spacial score (nSPS) is 10.3. The van der Waals surface area contributed by atoms with E-state index in [1.165, 1.54) is 6.08 Å². The summed E-state index contributed by atoms with van der Waals surface area (Å²) in [5, 5.41) is 8.56. The van der Waals surface area contributed by atoms with E-state index in [1.807, 2.05) is 6.07 Å². The van der Waals surface area contributed by atoms with Gasteiger partial charge in [-0.15, -0.1) is 0 Å². The number of carboxylic acid groups (broad SMARTS) is 1. The molecule has 0 spiro atoms. The van der Waals surface area contributed by atoms with Gasteiger partial charge in [0.2, 0.25) is 0 Å². The van der Waals surface area contributed by atoms with Crippen LogP contribution in [0.4, 0.5) is 0 Å². The third kappa shape index (κ3) is 3.90. The summed E-state index contributed by atoms with van der Waals surface area (Å²) in [7, 11) is 0. The minimum Gasteiger partial charge on any atom is -0.489 e. The standard InChI is InChI=1S/C12H11BrO3/c1-2-7-16-11-5-4-10(13)8-9(11)3-6-12(14)15/h2-6,8H,1,7H2,(H,14,15)/b6-3+. The Morgan fingerprint density at radius 1 is 1.56 bits per heavy atom. The van der Waals surface area contributed by atoms with Crippen LogP contribution in [0.1, 0.15) is 5.56 Å². The SMILES string of the molecule is C=CCOc1ccc(Br)cc1/C=C/C(=O)O. The van der Waals surface area contributed by atoms with Crippen molar-refractivity contribution in [1.82, 2.24) is 0 Å². The zero-order chi connectivity index (χ0) is 12.0. The summed E-state index contributed by atoms with van der Waals surface area (Å²) in [5.74, 6) is -0.366. The molecule has 0 aromatic heterocycles. The van der Waals surface area contributed by atoms with E-state index in [9.17, 15) is 4.79 Å². The molecular formula is C12H11BrO3. The number of rotatable bonds is 5. The highest BCUT2D eigenvalue weighted by Crippen LogP contribution is 2.24. The van der Waals surface area contributed by atoms with E-state index in [1.54, 1.807) is 18.2 Å². The smallest absolute Gasteiger partial charge is 0.328 e. The van der Waals surface area contributed by atoms with E-state index in [4.69, 9.17) is 9.84 Å². The highest BCUT2D eigenvalue weighted by molar-refractivity contribution is 9.10. The summed E-state index contributed by atoms with van der Waals surface area (Å²) >= 11 is 3.31. The van der Waals surface area contributed by atoms with Crippen LogP contribution < -0.4 is 4.74 Å². The van der Waals surface area contributed by atoms with Gasteiger partial charge in [0.15, 0.2) is 0 Å². The van der Waals surface area contributed by atoms with Crippen molar-refractivity contribution < 1.29 is 14.6 Å². The average molecular weight is 283 g/mol. The molecule has 1 rings (SSSR count). The number of benzene rings is 1. The number of hydrogen-bond donors (Lipinski definition) is 1. The van der Waals surface area contributed by atoms with Gasteiger partial charge < -0.3 is 9.84 Å². The summed E-state index contributed by atoms with van der Waals surface area (Å²) in [6.07, 6.45) is 4.20. The number of aliphatic carboxylic acids is 1. The fourth-order valence-electron chi connectivity index (χ4n) is 1.09. The van der Waals surface area contributed by atoms with Crippen molar-refractivity contribution in [3.05, 3.63) is 47.0 Å². The van der Waals surface area contributed by atoms with Crippen LogP contribution in [0.3, 0.4) is 0 Å². The summed E-state index contributed by atoms with van der Waals surface area (Å²) < 4.78 is 6.25. The first kappa shape index (κ1) is 12.5. The molecule has 4 heteroatoms. The number of carboxylic acids is 1. The van der Waals surface area contributed by atoms with Crippen molar-refractivity contribution in [1.29, 1.82) is 0 Å².